The lowest BCUT2D eigenvalue weighted by Gasteiger charge is -2.39. The highest BCUT2D eigenvalue weighted by molar-refractivity contribution is 5.87. The van der Waals surface area contributed by atoms with Crippen LogP contribution in [0.2, 0.25) is 0 Å². The molecule has 0 aromatic heterocycles. The Morgan fingerprint density at radius 2 is 2.32 bits per heavy atom. The van der Waals surface area contributed by atoms with Gasteiger partial charge in [0.2, 0.25) is 5.91 Å². The summed E-state index contributed by atoms with van der Waals surface area (Å²) in [6.45, 7) is 2.69. The minimum Gasteiger partial charge on any atom is -0.497 e. The molecule has 19 heavy (non-hydrogen) atoms. The molecule has 1 fully saturated rings. The molecule has 2 N–H and O–H groups in total. The number of nitrogens with one attached hydrogen (secondary N) is 1. The van der Waals surface area contributed by atoms with E-state index < -0.39 is 0 Å². The van der Waals surface area contributed by atoms with Gasteiger partial charge in [-0.05, 0) is 25.5 Å². The zero-order valence-electron chi connectivity index (χ0n) is 11.3. The number of nitrogens with zero attached hydrogens (tertiary/aromatic N) is 1. The number of hydrogen-bond donors (Lipinski definition) is 2. The van der Waals surface area contributed by atoms with Crippen LogP contribution in [0.1, 0.15) is 13.3 Å². The SMILES string of the molecule is COc1cccc(N2CC(C)NC(=O)C2CCO)c1. The van der Waals surface area contributed by atoms with E-state index in [1.54, 1.807) is 7.11 Å². The van der Waals surface area contributed by atoms with E-state index in [-0.39, 0.29) is 24.6 Å². The lowest BCUT2D eigenvalue weighted by atomic mass is 10.0. The molecular weight excluding hydrogens is 244 g/mol. The number of rotatable bonds is 4. The van der Waals surface area contributed by atoms with Crippen LogP contribution < -0.4 is 15.0 Å². The van der Waals surface area contributed by atoms with E-state index in [9.17, 15) is 4.79 Å². The second kappa shape index (κ2) is 5.93. The fraction of sp³-hybridized carbons (Fsp3) is 0.500. The van der Waals surface area contributed by atoms with E-state index in [0.29, 0.717) is 6.42 Å². The summed E-state index contributed by atoms with van der Waals surface area (Å²) in [5.74, 6) is 0.731. The standard InChI is InChI=1S/C14H20N2O3/c1-10-9-16(13(6-7-17)14(18)15-10)11-4-3-5-12(8-11)19-2/h3-5,8,10,13,17H,6-7,9H2,1-2H3,(H,15,18). The number of hydrogen-bond acceptors (Lipinski definition) is 4. The fourth-order valence-electron chi connectivity index (χ4n) is 2.43. The summed E-state index contributed by atoms with van der Waals surface area (Å²) in [5, 5.41) is 12.1. The Labute approximate surface area is 113 Å². The first-order valence-corrected chi connectivity index (χ1v) is 6.47. The molecule has 0 spiro atoms. The van der Waals surface area contributed by atoms with Gasteiger partial charge in [-0.2, -0.15) is 0 Å². The van der Waals surface area contributed by atoms with Gasteiger partial charge in [-0.3, -0.25) is 4.79 Å². The Morgan fingerprint density at radius 3 is 3.00 bits per heavy atom. The van der Waals surface area contributed by atoms with Crippen LogP contribution in [0.5, 0.6) is 5.75 Å². The number of carbonyl (C=O) groups excluding carboxylic acids is 1. The normalized spacial score (nSPS) is 23.1. The minimum absolute atomic E-state index is 0.00701. The van der Waals surface area contributed by atoms with E-state index >= 15 is 0 Å². The number of methoxy groups -OCH3 is 1. The van der Waals surface area contributed by atoms with Crippen molar-refractivity contribution in [2.24, 2.45) is 0 Å². The van der Waals surface area contributed by atoms with Crippen LogP contribution in [0.3, 0.4) is 0 Å². The van der Waals surface area contributed by atoms with Crippen LogP contribution >= 0.6 is 0 Å². The van der Waals surface area contributed by atoms with Crippen molar-refractivity contribution in [1.29, 1.82) is 0 Å². The summed E-state index contributed by atoms with van der Waals surface area (Å²) < 4.78 is 5.22. The minimum atomic E-state index is -0.326. The number of benzene rings is 1. The van der Waals surface area contributed by atoms with Crippen LogP contribution in [0.15, 0.2) is 24.3 Å². The lowest BCUT2D eigenvalue weighted by molar-refractivity contribution is -0.124. The largest absolute Gasteiger partial charge is 0.497 e. The molecule has 2 atom stereocenters. The van der Waals surface area contributed by atoms with Gasteiger partial charge in [0, 0.05) is 30.9 Å². The molecule has 2 rings (SSSR count). The van der Waals surface area contributed by atoms with Crippen LogP contribution in [0.25, 0.3) is 0 Å². The Balaban J connectivity index is 2.29. The summed E-state index contributed by atoms with van der Waals surface area (Å²) in [6, 6.07) is 7.41. The van der Waals surface area contributed by atoms with Crippen molar-refractivity contribution in [2.45, 2.75) is 25.4 Å². The molecule has 0 radical (unpaired) electrons. The fourth-order valence-corrected chi connectivity index (χ4v) is 2.43. The van der Waals surface area contributed by atoms with E-state index in [1.165, 1.54) is 0 Å². The predicted molar refractivity (Wildman–Crippen MR) is 73.4 cm³/mol. The van der Waals surface area contributed by atoms with Crippen LogP contribution in [-0.4, -0.2) is 43.4 Å². The first-order chi connectivity index (χ1) is 9.15. The van der Waals surface area contributed by atoms with Crippen LogP contribution in [-0.2, 0) is 4.79 Å². The highest BCUT2D eigenvalue weighted by Gasteiger charge is 2.32. The molecule has 1 aromatic rings. The summed E-state index contributed by atoms with van der Waals surface area (Å²) >= 11 is 0. The monoisotopic (exact) mass is 264 g/mol. The van der Waals surface area contributed by atoms with Crippen LogP contribution in [0, 0.1) is 0 Å². The van der Waals surface area contributed by atoms with Gasteiger partial charge in [0.25, 0.3) is 0 Å². The van der Waals surface area contributed by atoms with Crippen molar-refractivity contribution >= 4 is 11.6 Å². The lowest BCUT2D eigenvalue weighted by Crippen LogP contribution is -2.59. The van der Waals surface area contributed by atoms with E-state index in [0.717, 1.165) is 18.0 Å². The van der Waals surface area contributed by atoms with Crippen LogP contribution in [0.4, 0.5) is 5.69 Å². The second-order valence-electron chi connectivity index (χ2n) is 4.79. The number of ether oxygens (including phenoxy) is 1. The third kappa shape index (κ3) is 2.98. The van der Waals surface area contributed by atoms with Gasteiger partial charge in [0.1, 0.15) is 11.8 Å². The molecule has 0 aliphatic carbocycles. The number of aliphatic hydroxyl groups excluding tert-OH is 1. The number of piperazine rings is 1. The summed E-state index contributed by atoms with van der Waals surface area (Å²) in [4.78, 5) is 14.1. The smallest absolute Gasteiger partial charge is 0.243 e. The van der Waals surface area contributed by atoms with Gasteiger partial charge in [-0.25, -0.2) is 0 Å². The van der Waals surface area contributed by atoms with Crippen molar-refractivity contribution in [1.82, 2.24) is 5.32 Å². The number of anilines is 1. The maximum absolute atomic E-state index is 12.0. The maximum atomic E-state index is 12.0. The van der Waals surface area contributed by atoms with Gasteiger partial charge < -0.3 is 20.1 Å². The maximum Gasteiger partial charge on any atom is 0.243 e. The highest BCUT2D eigenvalue weighted by Crippen LogP contribution is 2.25. The number of aliphatic hydroxyl groups is 1. The Morgan fingerprint density at radius 1 is 1.53 bits per heavy atom. The van der Waals surface area contributed by atoms with Gasteiger partial charge in [-0.15, -0.1) is 0 Å². The molecular formula is C14H20N2O3. The Hall–Kier alpha value is -1.75. The zero-order chi connectivity index (χ0) is 13.8. The molecule has 1 heterocycles. The molecule has 0 bridgehead atoms. The third-order valence-electron chi connectivity index (χ3n) is 3.33. The molecule has 104 valence electrons. The zero-order valence-corrected chi connectivity index (χ0v) is 11.3. The topological polar surface area (TPSA) is 61.8 Å². The van der Waals surface area contributed by atoms with Gasteiger partial charge in [0.15, 0.2) is 0 Å². The van der Waals surface area contributed by atoms with Gasteiger partial charge in [0.05, 0.1) is 7.11 Å². The van der Waals surface area contributed by atoms with Gasteiger partial charge >= 0.3 is 0 Å². The molecule has 5 heteroatoms. The molecule has 5 nitrogen and oxygen atoms in total. The van der Waals surface area contributed by atoms with Crippen molar-refractivity contribution in [3.05, 3.63) is 24.3 Å². The second-order valence-corrected chi connectivity index (χ2v) is 4.79. The summed E-state index contributed by atoms with van der Waals surface area (Å²) in [7, 11) is 1.62. The Bertz CT molecular complexity index is 450. The quantitative estimate of drug-likeness (QED) is 0.843. The highest BCUT2D eigenvalue weighted by atomic mass is 16.5. The average molecular weight is 264 g/mol. The number of carbonyl (C=O) groups is 1. The van der Waals surface area contributed by atoms with Crippen molar-refractivity contribution < 1.29 is 14.6 Å². The van der Waals surface area contributed by atoms with E-state index in [1.807, 2.05) is 36.1 Å². The molecule has 2 unspecified atom stereocenters. The summed E-state index contributed by atoms with van der Waals surface area (Å²) in [6.07, 6.45) is 0.426. The average Bonchev–Trinajstić information content (AvgIpc) is 2.41. The molecule has 1 amide bonds. The Kier molecular flexibility index (Phi) is 4.27. The molecule has 0 saturated carbocycles. The first kappa shape index (κ1) is 13.7. The van der Waals surface area contributed by atoms with Gasteiger partial charge in [-0.1, -0.05) is 6.07 Å². The molecule has 1 aliphatic heterocycles. The molecule has 1 aromatic carbocycles. The first-order valence-electron chi connectivity index (χ1n) is 6.47. The van der Waals surface area contributed by atoms with Crippen molar-refractivity contribution in [2.75, 3.05) is 25.2 Å². The van der Waals surface area contributed by atoms with E-state index in [4.69, 9.17) is 9.84 Å². The van der Waals surface area contributed by atoms with Crippen molar-refractivity contribution in [3.8, 4) is 5.75 Å². The predicted octanol–water partition coefficient (Wildman–Crippen LogP) is 0.771. The van der Waals surface area contributed by atoms with Crippen molar-refractivity contribution in [3.63, 3.8) is 0 Å². The molecule has 1 saturated heterocycles. The third-order valence-corrected chi connectivity index (χ3v) is 3.33. The number of amides is 1. The van der Waals surface area contributed by atoms with E-state index in [2.05, 4.69) is 5.32 Å². The molecule has 1 aliphatic rings. The summed E-state index contributed by atoms with van der Waals surface area (Å²) in [5.41, 5.74) is 0.944.